The summed E-state index contributed by atoms with van der Waals surface area (Å²) in [6.45, 7) is 17.5. The predicted molar refractivity (Wildman–Crippen MR) is 80.1 cm³/mol. The van der Waals surface area contributed by atoms with E-state index >= 15 is 0 Å². The van der Waals surface area contributed by atoms with Crippen molar-refractivity contribution in [3.63, 3.8) is 0 Å². The first-order chi connectivity index (χ1) is 8.33. The lowest BCUT2D eigenvalue weighted by molar-refractivity contribution is 0.0189. The van der Waals surface area contributed by atoms with Gasteiger partial charge in [0.25, 0.3) is 0 Å². The van der Waals surface area contributed by atoms with Gasteiger partial charge in [0.15, 0.2) is 0 Å². The van der Waals surface area contributed by atoms with Crippen LogP contribution in [0.4, 0.5) is 0 Å². The Hall–Kier alpha value is -0.120. The predicted octanol–water partition coefficient (Wildman–Crippen LogP) is 2.04. The van der Waals surface area contributed by atoms with E-state index in [4.69, 9.17) is 0 Å². The molecule has 0 aromatic heterocycles. The average molecular weight is 255 g/mol. The van der Waals surface area contributed by atoms with Gasteiger partial charge in [-0.3, -0.25) is 9.80 Å². The number of likely N-dealkylation sites (N-methyl/N-ethyl adjacent to an activating group) is 1. The lowest BCUT2D eigenvalue weighted by atomic mass is 9.98. The highest BCUT2D eigenvalue weighted by atomic mass is 15.3. The molecule has 1 saturated heterocycles. The summed E-state index contributed by atoms with van der Waals surface area (Å²) >= 11 is 0. The van der Waals surface area contributed by atoms with Gasteiger partial charge in [-0.05, 0) is 53.2 Å². The summed E-state index contributed by atoms with van der Waals surface area (Å²) in [6, 6.07) is 0.692. The summed E-state index contributed by atoms with van der Waals surface area (Å²) in [5, 5.41) is 3.55. The minimum atomic E-state index is 0.317. The van der Waals surface area contributed by atoms with Crippen LogP contribution < -0.4 is 5.32 Å². The van der Waals surface area contributed by atoms with Gasteiger partial charge in [0, 0.05) is 31.2 Å². The molecular formula is C15H33N3. The van der Waals surface area contributed by atoms with Gasteiger partial charge in [-0.15, -0.1) is 0 Å². The van der Waals surface area contributed by atoms with E-state index in [0.29, 0.717) is 11.6 Å². The second-order valence-electron chi connectivity index (χ2n) is 6.94. The van der Waals surface area contributed by atoms with Crippen molar-refractivity contribution in [2.24, 2.45) is 5.92 Å². The monoisotopic (exact) mass is 255 g/mol. The van der Waals surface area contributed by atoms with Crippen molar-refractivity contribution < 1.29 is 0 Å². The fourth-order valence-corrected chi connectivity index (χ4v) is 2.54. The smallest absolute Gasteiger partial charge is 0.0277 e. The van der Waals surface area contributed by atoms with Crippen LogP contribution in [-0.4, -0.2) is 61.2 Å². The summed E-state index contributed by atoms with van der Waals surface area (Å²) in [5.74, 6) is 0.753. The fraction of sp³-hybridized carbons (Fsp3) is 1.00. The number of nitrogens with one attached hydrogen (secondary N) is 1. The maximum Gasteiger partial charge on any atom is 0.0277 e. The Morgan fingerprint density at radius 2 is 1.83 bits per heavy atom. The quantitative estimate of drug-likeness (QED) is 0.733. The molecule has 1 unspecified atom stereocenters. The van der Waals surface area contributed by atoms with E-state index in [0.717, 1.165) is 19.0 Å². The van der Waals surface area contributed by atoms with Crippen molar-refractivity contribution in [1.82, 2.24) is 15.1 Å². The first-order valence-corrected chi connectivity index (χ1v) is 7.49. The van der Waals surface area contributed by atoms with Crippen molar-refractivity contribution in [2.75, 3.05) is 39.8 Å². The molecule has 1 aliphatic rings. The Kier molecular flexibility index (Phi) is 6.09. The average Bonchev–Trinajstić information content (AvgIpc) is 2.27. The standard InChI is InChI=1S/C15H33N3/c1-13(2)11-16-8-7-14(3)18-10-9-17(6)15(4,5)12-18/h13-14,16H,7-12H2,1-6H3. The molecule has 0 saturated carbocycles. The molecule has 1 heterocycles. The van der Waals surface area contributed by atoms with Gasteiger partial charge in [-0.25, -0.2) is 0 Å². The van der Waals surface area contributed by atoms with Crippen LogP contribution in [0.1, 0.15) is 41.0 Å². The highest BCUT2D eigenvalue weighted by Gasteiger charge is 2.32. The second-order valence-corrected chi connectivity index (χ2v) is 6.94. The van der Waals surface area contributed by atoms with Crippen LogP contribution in [-0.2, 0) is 0 Å². The van der Waals surface area contributed by atoms with Crippen LogP contribution in [0.5, 0.6) is 0 Å². The molecule has 18 heavy (non-hydrogen) atoms. The van der Waals surface area contributed by atoms with Crippen LogP contribution in [0.25, 0.3) is 0 Å². The molecule has 0 aliphatic carbocycles. The molecule has 1 N–H and O–H groups in total. The van der Waals surface area contributed by atoms with Gasteiger partial charge < -0.3 is 5.32 Å². The zero-order valence-corrected chi connectivity index (χ0v) is 13.3. The first-order valence-electron chi connectivity index (χ1n) is 7.49. The van der Waals surface area contributed by atoms with Gasteiger partial charge in [0.05, 0.1) is 0 Å². The molecule has 3 nitrogen and oxygen atoms in total. The van der Waals surface area contributed by atoms with Gasteiger partial charge in [-0.2, -0.15) is 0 Å². The summed E-state index contributed by atoms with van der Waals surface area (Å²) in [4.78, 5) is 5.13. The first kappa shape index (κ1) is 15.9. The van der Waals surface area contributed by atoms with Crippen LogP contribution >= 0.6 is 0 Å². The minimum absolute atomic E-state index is 0.317. The van der Waals surface area contributed by atoms with Gasteiger partial charge >= 0.3 is 0 Å². The van der Waals surface area contributed by atoms with Crippen molar-refractivity contribution in [3.05, 3.63) is 0 Å². The summed E-state index contributed by atoms with van der Waals surface area (Å²) in [7, 11) is 2.24. The zero-order valence-electron chi connectivity index (χ0n) is 13.3. The van der Waals surface area contributed by atoms with Crippen molar-refractivity contribution in [3.8, 4) is 0 Å². The maximum atomic E-state index is 3.55. The molecule has 1 fully saturated rings. The lowest BCUT2D eigenvalue weighted by Gasteiger charge is -2.47. The molecule has 1 rings (SSSR count). The van der Waals surface area contributed by atoms with Crippen LogP contribution in [0.2, 0.25) is 0 Å². The van der Waals surface area contributed by atoms with E-state index in [1.54, 1.807) is 0 Å². The topological polar surface area (TPSA) is 18.5 Å². The molecule has 3 heteroatoms. The number of hydrogen-bond donors (Lipinski definition) is 1. The van der Waals surface area contributed by atoms with Crippen molar-refractivity contribution >= 4 is 0 Å². The van der Waals surface area contributed by atoms with E-state index in [9.17, 15) is 0 Å². The molecule has 1 atom stereocenters. The Bertz CT molecular complexity index is 238. The third-order valence-corrected chi connectivity index (χ3v) is 4.26. The van der Waals surface area contributed by atoms with E-state index in [1.807, 2.05) is 0 Å². The number of hydrogen-bond acceptors (Lipinski definition) is 3. The molecule has 0 bridgehead atoms. The third-order valence-electron chi connectivity index (χ3n) is 4.26. The number of nitrogens with zero attached hydrogens (tertiary/aromatic N) is 2. The highest BCUT2D eigenvalue weighted by molar-refractivity contribution is 4.90. The van der Waals surface area contributed by atoms with Crippen molar-refractivity contribution in [2.45, 2.75) is 52.6 Å². The van der Waals surface area contributed by atoms with Crippen LogP contribution in [0.15, 0.2) is 0 Å². The number of piperazine rings is 1. The summed E-state index contributed by atoms with van der Waals surface area (Å²) in [5.41, 5.74) is 0.317. The maximum absolute atomic E-state index is 3.55. The highest BCUT2D eigenvalue weighted by Crippen LogP contribution is 2.21. The minimum Gasteiger partial charge on any atom is -0.316 e. The van der Waals surface area contributed by atoms with Crippen LogP contribution in [0, 0.1) is 5.92 Å². The lowest BCUT2D eigenvalue weighted by Crippen LogP contribution is -2.59. The Labute approximate surface area is 114 Å². The summed E-state index contributed by atoms with van der Waals surface area (Å²) < 4.78 is 0. The SMILES string of the molecule is CC(C)CNCCC(C)N1CCN(C)C(C)(C)C1. The molecule has 0 radical (unpaired) electrons. The number of rotatable bonds is 6. The van der Waals surface area contributed by atoms with E-state index in [-0.39, 0.29) is 0 Å². The normalized spacial score (nSPS) is 23.5. The fourth-order valence-electron chi connectivity index (χ4n) is 2.54. The van der Waals surface area contributed by atoms with E-state index in [2.05, 4.69) is 56.8 Å². The van der Waals surface area contributed by atoms with E-state index in [1.165, 1.54) is 26.1 Å². The Morgan fingerprint density at radius 3 is 2.39 bits per heavy atom. The second kappa shape index (κ2) is 6.88. The van der Waals surface area contributed by atoms with Gasteiger partial charge in [0.2, 0.25) is 0 Å². The molecule has 0 spiro atoms. The third kappa shape index (κ3) is 4.87. The van der Waals surface area contributed by atoms with Crippen molar-refractivity contribution in [1.29, 1.82) is 0 Å². The van der Waals surface area contributed by atoms with Crippen LogP contribution in [0.3, 0.4) is 0 Å². The molecule has 0 aromatic rings. The van der Waals surface area contributed by atoms with Gasteiger partial charge in [0.1, 0.15) is 0 Å². The Morgan fingerprint density at radius 1 is 1.17 bits per heavy atom. The molecule has 1 aliphatic heterocycles. The Balaban J connectivity index is 2.27. The molecule has 0 aromatic carbocycles. The zero-order chi connectivity index (χ0) is 13.8. The molecule has 108 valence electrons. The summed E-state index contributed by atoms with van der Waals surface area (Å²) in [6.07, 6.45) is 1.26. The molecule has 0 amide bonds. The van der Waals surface area contributed by atoms with Gasteiger partial charge in [-0.1, -0.05) is 13.8 Å². The molecular weight excluding hydrogens is 222 g/mol. The van der Waals surface area contributed by atoms with E-state index < -0.39 is 0 Å². The largest absolute Gasteiger partial charge is 0.316 e.